The lowest BCUT2D eigenvalue weighted by molar-refractivity contribution is -0.137. The van der Waals surface area contributed by atoms with Crippen molar-refractivity contribution in [3.05, 3.63) is 54.6 Å². The van der Waals surface area contributed by atoms with Crippen LogP contribution in [0, 0.1) is 0 Å². The molecular weight excluding hydrogens is 508 g/mol. The lowest BCUT2D eigenvalue weighted by Gasteiger charge is -2.42. The van der Waals surface area contributed by atoms with Gasteiger partial charge in [0, 0.05) is 31.9 Å². The molecule has 3 aliphatic rings. The zero-order chi connectivity index (χ0) is 26.8. The maximum Gasteiger partial charge on any atom is 0.250 e. The van der Waals surface area contributed by atoms with E-state index in [9.17, 15) is 18.0 Å². The zero-order valence-corrected chi connectivity index (χ0v) is 22.4. The Morgan fingerprint density at radius 3 is 2.45 bits per heavy atom. The minimum atomic E-state index is -3.72. The van der Waals surface area contributed by atoms with Gasteiger partial charge >= 0.3 is 0 Å². The fourth-order valence-corrected chi connectivity index (χ4v) is 7.02. The second kappa shape index (κ2) is 10.9. The molecule has 5 rings (SSSR count). The summed E-state index contributed by atoms with van der Waals surface area (Å²) in [7, 11) is -2.19. The van der Waals surface area contributed by atoms with Crippen molar-refractivity contribution in [3.63, 3.8) is 0 Å². The highest BCUT2D eigenvalue weighted by Crippen LogP contribution is 2.40. The van der Waals surface area contributed by atoms with Gasteiger partial charge in [-0.05, 0) is 62.1 Å². The van der Waals surface area contributed by atoms with E-state index in [1.54, 1.807) is 17.0 Å². The number of hydrogen-bond donors (Lipinski definition) is 1. The van der Waals surface area contributed by atoms with Gasteiger partial charge in [-0.15, -0.1) is 0 Å². The third kappa shape index (κ3) is 5.10. The molecule has 0 aliphatic carbocycles. The number of piperidine rings is 1. The van der Waals surface area contributed by atoms with Gasteiger partial charge in [0.15, 0.2) is 0 Å². The maximum absolute atomic E-state index is 13.9. The topological polar surface area (TPSA) is 108 Å². The van der Waals surface area contributed by atoms with Crippen LogP contribution in [0.15, 0.2) is 59.5 Å². The van der Waals surface area contributed by atoms with Crippen molar-refractivity contribution in [2.45, 2.75) is 42.2 Å². The van der Waals surface area contributed by atoms with Crippen molar-refractivity contribution in [2.24, 2.45) is 0 Å². The summed E-state index contributed by atoms with van der Waals surface area (Å²) in [4.78, 5) is 30.4. The van der Waals surface area contributed by atoms with Crippen molar-refractivity contribution in [1.29, 1.82) is 0 Å². The molecule has 3 fully saturated rings. The monoisotopic (exact) mass is 542 g/mol. The van der Waals surface area contributed by atoms with Gasteiger partial charge in [-0.1, -0.05) is 18.2 Å². The number of rotatable bonds is 8. The van der Waals surface area contributed by atoms with Gasteiger partial charge in [0.2, 0.25) is 21.8 Å². The quantitative estimate of drug-likeness (QED) is 0.542. The SMILES string of the molecule is COc1ccc(S(=O)(=O)N2CCC3(CC2)C(=O)N(CC(=O)NC[C@H]2CCCO2)CN3c2ccccc2)cc1. The molecule has 0 aromatic heterocycles. The van der Waals surface area contributed by atoms with Crippen LogP contribution in [0.3, 0.4) is 0 Å². The first kappa shape index (κ1) is 26.5. The van der Waals surface area contributed by atoms with Gasteiger partial charge < -0.3 is 24.6 Å². The zero-order valence-electron chi connectivity index (χ0n) is 21.5. The third-order valence-corrected chi connectivity index (χ3v) is 9.63. The summed E-state index contributed by atoms with van der Waals surface area (Å²) in [5.41, 5.74) is -0.0446. The molecule has 1 atom stereocenters. The Bertz CT molecular complexity index is 1240. The summed E-state index contributed by atoms with van der Waals surface area (Å²) >= 11 is 0. The number of hydrogen-bond acceptors (Lipinski definition) is 7. The summed E-state index contributed by atoms with van der Waals surface area (Å²) in [6.45, 7) is 1.76. The summed E-state index contributed by atoms with van der Waals surface area (Å²) in [5.74, 6) is 0.213. The molecule has 3 aliphatic heterocycles. The van der Waals surface area contributed by atoms with E-state index in [0.717, 1.165) is 18.5 Å². The lowest BCUT2D eigenvalue weighted by atomic mass is 9.86. The second-order valence-electron chi connectivity index (χ2n) is 9.96. The number of ether oxygens (including phenoxy) is 2. The Kier molecular flexibility index (Phi) is 7.60. The molecule has 204 valence electrons. The molecule has 3 saturated heterocycles. The highest BCUT2D eigenvalue weighted by Gasteiger charge is 2.55. The molecule has 11 heteroatoms. The summed E-state index contributed by atoms with van der Waals surface area (Å²) in [6.07, 6.45) is 2.58. The number of benzene rings is 2. The van der Waals surface area contributed by atoms with Crippen LogP contribution in [0.5, 0.6) is 5.75 Å². The molecule has 2 aromatic carbocycles. The van der Waals surface area contributed by atoms with E-state index in [4.69, 9.17) is 9.47 Å². The number of methoxy groups -OCH3 is 1. The summed E-state index contributed by atoms with van der Waals surface area (Å²) in [5, 5.41) is 2.90. The smallest absolute Gasteiger partial charge is 0.250 e. The first-order chi connectivity index (χ1) is 18.3. The molecular formula is C27H34N4O6S. The van der Waals surface area contributed by atoms with Crippen LogP contribution < -0.4 is 15.0 Å². The predicted molar refractivity (Wildman–Crippen MR) is 141 cm³/mol. The largest absolute Gasteiger partial charge is 0.497 e. The Labute approximate surface area is 223 Å². The van der Waals surface area contributed by atoms with Crippen molar-refractivity contribution in [2.75, 3.05) is 51.5 Å². The van der Waals surface area contributed by atoms with Gasteiger partial charge in [0.1, 0.15) is 17.8 Å². The van der Waals surface area contributed by atoms with Crippen molar-refractivity contribution in [1.82, 2.24) is 14.5 Å². The molecule has 2 aromatic rings. The average Bonchev–Trinajstić information content (AvgIpc) is 3.56. The van der Waals surface area contributed by atoms with E-state index in [1.165, 1.54) is 23.5 Å². The number of carbonyl (C=O) groups is 2. The van der Waals surface area contributed by atoms with E-state index in [0.29, 0.717) is 31.7 Å². The number of para-hydroxylation sites is 1. The Balaban J connectivity index is 1.31. The third-order valence-electron chi connectivity index (χ3n) is 7.71. The van der Waals surface area contributed by atoms with Crippen LogP contribution >= 0.6 is 0 Å². The summed E-state index contributed by atoms with van der Waals surface area (Å²) < 4.78 is 38.8. The molecule has 10 nitrogen and oxygen atoms in total. The van der Waals surface area contributed by atoms with E-state index in [1.807, 2.05) is 35.2 Å². The number of sulfonamides is 1. The van der Waals surface area contributed by atoms with Crippen LogP contribution in [0.4, 0.5) is 5.69 Å². The first-order valence-corrected chi connectivity index (χ1v) is 14.4. The second-order valence-corrected chi connectivity index (χ2v) is 11.9. The lowest BCUT2D eigenvalue weighted by Crippen LogP contribution is -2.57. The van der Waals surface area contributed by atoms with Gasteiger partial charge in [0.05, 0.1) is 24.8 Å². The van der Waals surface area contributed by atoms with Crippen LogP contribution in [0.2, 0.25) is 0 Å². The number of nitrogens with zero attached hydrogens (tertiary/aromatic N) is 3. The van der Waals surface area contributed by atoms with Crippen LogP contribution in [-0.4, -0.2) is 87.6 Å². The van der Waals surface area contributed by atoms with Crippen molar-refractivity contribution in [3.8, 4) is 5.75 Å². The average molecular weight is 543 g/mol. The highest BCUT2D eigenvalue weighted by molar-refractivity contribution is 7.89. The van der Waals surface area contributed by atoms with Gasteiger partial charge in [-0.2, -0.15) is 4.31 Å². The van der Waals surface area contributed by atoms with E-state index < -0.39 is 15.6 Å². The molecule has 0 bridgehead atoms. The Morgan fingerprint density at radius 1 is 1.11 bits per heavy atom. The van der Waals surface area contributed by atoms with Crippen LogP contribution in [-0.2, 0) is 24.3 Å². The maximum atomic E-state index is 13.9. The predicted octanol–water partition coefficient (Wildman–Crippen LogP) is 1.82. The van der Waals surface area contributed by atoms with Gasteiger partial charge in [0.25, 0.3) is 0 Å². The molecule has 3 heterocycles. The van der Waals surface area contributed by atoms with Crippen LogP contribution in [0.25, 0.3) is 0 Å². The highest BCUT2D eigenvalue weighted by atomic mass is 32.2. The number of nitrogens with one attached hydrogen (secondary N) is 1. The minimum absolute atomic E-state index is 0.0253. The molecule has 0 radical (unpaired) electrons. The molecule has 0 saturated carbocycles. The molecule has 2 amide bonds. The molecule has 38 heavy (non-hydrogen) atoms. The summed E-state index contributed by atoms with van der Waals surface area (Å²) in [6, 6.07) is 15.9. The van der Waals surface area contributed by atoms with E-state index in [-0.39, 0.29) is 49.1 Å². The van der Waals surface area contributed by atoms with Crippen molar-refractivity contribution < 1.29 is 27.5 Å². The van der Waals surface area contributed by atoms with Crippen molar-refractivity contribution >= 4 is 27.5 Å². The van der Waals surface area contributed by atoms with Crippen LogP contribution in [0.1, 0.15) is 25.7 Å². The Morgan fingerprint density at radius 2 is 1.82 bits per heavy atom. The first-order valence-electron chi connectivity index (χ1n) is 13.0. The normalized spacial score (nSPS) is 21.7. The molecule has 1 spiro atoms. The fourth-order valence-electron chi connectivity index (χ4n) is 5.58. The van der Waals surface area contributed by atoms with E-state index in [2.05, 4.69) is 5.32 Å². The Hall–Kier alpha value is -3.15. The standard InChI is InChI=1S/C27H34N4O6S/c1-36-22-9-11-24(12-10-22)38(34,35)30-15-13-27(14-16-30)26(33)29(20-31(27)21-6-3-2-4-7-21)19-25(32)28-18-23-8-5-17-37-23/h2-4,6-7,9-12,23H,5,8,13-20H2,1H3,(H,28,32)/t23-/m1/s1. The fraction of sp³-hybridized carbons (Fsp3) is 0.481. The number of anilines is 1. The minimum Gasteiger partial charge on any atom is -0.497 e. The number of amides is 2. The van der Waals surface area contributed by atoms with Gasteiger partial charge in [-0.25, -0.2) is 8.42 Å². The molecule has 0 unspecified atom stereocenters. The molecule has 1 N–H and O–H groups in total. The van der Waals surface area contributed by atoms with Gasteiger partial charge in [-0.3, -0.25) is 9.59 Å². The number of carbonyl (C=O) groups excluding carboxylic acids is 2. The van der Waals surface area contributed by atoms with E-state index >= 15 is 0 Å².